The first kappa shape index (κ1) is 13.6. The van der Waals surface area contributed by atoms with Gasteiger partial charge in [-0.05, 0) is 62.2 Å². The van der Waals surface area contributed by atoms with Gasteiger partial charge in [0.25, 0.3) is 0 Å². The first-order valence-corrected chi connectivity index (χ1v) is 8.39. The van der Waals surface area contributed by atoms with Gasteiger partial charge in [-0.2, -0.15) is 0 Å². The largest absolute Gasteiger partial charge is 0.366 e. The molecule has 0 bridgehead atoms. The maximum absolute atomic E-state index is 6.18. The lowest BCUT2D eigenvalue weighted by Gasteiger charge is -2.43. The van der Waals surface area contributed by atoms with E-state index < -0.39 is 0 Å². The van der Waals surface area contributed by atoms with Gasteiger partial charge in [-0.15, -0.1) is 0 Å². The van der Waals surface area contributed by atoms with E-state index in [1.165, 1.54) is 25.7 Å². The van der Waals surface area contributed by atoms with Gasteiger partial charge in [0, 0.05) is 0 Å². The predicted octanol–water partition coefficient (Wildman–Crippen LogP) is 4.17. The molecule has 0 aromatic heterocycles. The fourth-order valence-corrected chi connectivity index (χ4v) is 6.16. The molecule has 4 aliphatic rings. The van der Waals surface area contributed by atoms with Crippen LogP contribution in [0.3, 0.4) is 0 Å². The highest BCUT2D eigenvalue weighted by Gasteiger charge is 2.69. The minimum Gasteiger partial charge on any atom is -0.366 e. The first-order valence-electron chi connectivity index (χ1n) is 8.39. The van der Waals surface area contributed by atoms with Crippen LogP contribution in [0.4, 0.5) is 0 Å². The van der Waals surface area contributed by atoms with Crippen molar-refractivity contribution in [3.05, 3.63) is 0 Å². The maximum Gasteiger partial charge on any atom is 0.0928 e. The lowest BCUT2D eigenvalue weighted by molar-refractivity contribution is 0.0788. The fraction of sp³-hybridized carbons (Fsp3) is 1.00. The zero-order valence-electron chi connectivity index (χ0n) is 14.0. The summed E-state index contributed by atoms with van der Waals surface area (Å²) < 4.78 is 12.4. The summed E-state index contributed by atoms with van der Waals surface area (Å²) in [7, 11) is 0. The van der Waals surface area contributed by atoms with Crippen molar-refractivity contribution in [3.63, 3.8) is 0 Å². The molecule has 2 heterocycles. The van der Waals surface area contributed by atoms with Crippen molar-refractivity contribution in [2.45, 2.75) is 90.6 Å². The summed E-state index contributed by atoms with van der Waals surface area (Å²) in [6, 6.07) is 0. The molecule has 0 aromatic rings. The summed E-state index contributed by atoms with van der Waals surface area (Å²) in [4.78, 5) is 0. The average Bonchev–Trinajstić information content (AvgIpc) is 3.07. The van der Waals surface area contributed by atoms with Gasteiger partial charge in [-0.3, -0.25) is 0 Å². The van der Waals surface area contributed by atoms with Crippen LogP contribution >= 0.6 is 0 Å². The Bertz CT molecular complexity index is 407. The maximum atomic E-state index is 6.18. The van der Waals surface area contributed by atoms with E-state index >= 15 is 0 Å². The van der Waals surface area contributed by atoms with Gasteiger partial charge in [0.1, 0.15) is 0 Å². The Labute approximate surface area is 123 Å². The molecule has 6 unspecified atom stereocenters. The van der Waals surface area contributed by atoms with Gasteiger partial charge in [-0.1, -0.05) is 27.7 Å². The Kier molecular flexibility index (Phi) is 2.35. The molecule has 0 amide bonds. The molecular formula is C18H30O2. The molecule has 2 heteroatoms. The van der Waals surface area contributed by atoms with Crippen molar-refractivity contribution in [2.24, 2.45) is 22.7 Å². The highest BCUT2D eigenvalue weighted by atomic mass is 16.6. The van der Waals surface area contributed by atoms with Gasteiger partial charge in [-0.25, -0.2) is 0 Å². The van der Waals surface area contributed by atoms with Crippen LogP contribution in [-0.4, -0.2) is 23.4 Å². The SMILES string of the molecule is CC1(C)CC(C2CC(C)(C)CC3(C)OC23)C2OC2(C)C1. The van der Waals surface area contributed by atoms with Crippen LogP contribution in [0.1, 0.15) is 67.2 Å². The molecule has 114 valence electrons. The third-order valence-corrected chi connectivity index (χ3v) is 6.45. The zero-order valence-corrected chi connectivity index (χ0v) is 14.0. The van der Waals surface area contributed by atoms with Gasteiger partial charge < -0.3 is 9.47 Å². The molecule has 4 rings (SSSR count). The molecule has 0 aromatic carbocycles. The molecule has 0 radical (unpaired) electrons. The quantitative estimate of drug-likeness (QED) is 0.672. The molecule has 2 aliphatic heterocycles. The molecule has 0 spiro atoms. The Morgan fingerprint density at radius 2 is 1.00 bits per heavy atom. The third-order valence-electron chi connectivity index (χ3n) is 6.45. The monoisotopic (exact) mass is 278 g/mol. The number of fused-ring (bicyclic) bond motifs is 2. The number of hydrogen-bond donors (Lipinski definition) is 0. The Morgan fingerprint density at radius 3 is 1.35 bits per heavy atom. The predicted molar refractivity (Wildman–Crippen MR) is 79.6 cm³/mol. The minimum absolute atomic E-state index is 0.166. The van der Waals surface area contributed by atoms with Crippen LogP contribution in [0, 0.1) is 22.7 Å². The van der Waals surface area contributed by atoms with Crippen LogP contribution in [-0.2, 0) is 9.47 Å². The number of rotatable bonds is 1. The van der Waals surface area contributed by atoms with Crippen LogP contribution in [0.5, 0.6) is 0 Å². The van der Waals surface area contributed by atoms with Crippen molar-refractivity contribution in [2.75, 3.05) is 0 Å². The molecule has 2 saturated carbocycles. The molecule has 20 heavy (non-hydrogen) atoms. The van der Waals surface area contributed by atoms with E-state index in [9.17, 15) is 0 Å². The Morgan fingerprint density at radius 1 is 0.650 bits per heavy atom. The Balaban J connectivity index is 1.61. The summed E-state index contributed by atoms with van der Waals surface area (Å²) in [6.45, 7) is 14.3. The van der Waals surface area contributed by atoms with Crippen molar-refractivity contribution in [1.29, 1.82) is 0 Å². The fourth-order valence-electron chi connectivity index (χ4n) is 6.16. The zero-order chi connectivity index (χ0) is 14.6. The topological polar surface area (TPSA) is 25.1 Å². The first-order chi connectivity index (χ1) is 9.04. The summed E-state index contributed by atoms with van der Waals surface area (Å²) in [5.74, 6) is 1.41. The van der Waals surface area contributed by atoms with Crippen LogP contribution < -0.4 is 0 Å². The number of hydrogen-bond acceptors (Lipinski definition) is 2. The van der Waals surface area contributed by atoms with E-state index in [-0.39, 0.29) is 11.2 Å². The van der Waals surface area contributed by atoms with E-state index in [0.717, 1.165) is 0 Å². The van der Waals surface area contributed by atoms with Crippen LogP contribution in [0.15, 0.2) is 0 Å². The molecule has 2 aliphatic carbocycles. The van der Waals surface area contributed by atoms with Crippen molar-refractivity contribution in [1.82, 2.24) is 0 Å². The molecule has 4 fully saturated rings. The van der Waals surface area contributed by atoms with Crippen molar-refractivity contribution >= 4 is 0 Å². The highest BCUT2D eigenvalue weighted by molar-refractivity contribution is 5.17. The van der Waals surface area contributed by atoms with Gasteiger partial charge in [0.2, 0.25) is 0 Å². The van der Waals surface area contributed by atoms with Gasteiger partial charge >= 0.3 is 0 Å². The van der Waals surface area contributed by atoms with E-state index in [4.69, 9.17) is 9.47 Å². The summed E-state index contributed by atoms with van der Waals surface area (Å²) in [5.41, 5.74) is 1.16. The van der Waals surface area contributed by atoms with E-state index in [0.29, 0.717) is 34.9 Å². The van der Waals surface area contributed by atoms with E-state index in [1.807, 2.05) is 0 Å². The molecule has 0 N–H and O–H groups in total. The summed E-state index contributed by atoms with van der Waals surface area (Å²) in [6.07, 6.45) is 6.07. The van der Waals surface area contributed by atoms with Gasteiger partial charge in [0.05, 0.1) is 23.4 Å². The van der Waals surface area contributed by atoms with Crippen LogP contribution in [0.25, 0.3) is 0 Å². The van der Waals surface area contributed by atoms with E-state index in [2.05, 4.69) is 41.5 Å². The number of epoxide rings is 2. The molecular weight excluding hydrogens is 248 g/mol. The number of ether oxygens (including phenoxy) is 2. The molecule has 2 saturated heterocycles. The lowest BCUT2D eigenvalue weighted by atomic mass is 9.58. The standard InChI is InChI=1S/C18H30O2/c1-15(2)7-11(13-17(5,9-15)19-13)12-8-16(3,4)10-18(6)14(12)20-18/h11-14H,7-10H2,1-6H3. The van der Waals surface area contributed by atoms with Gasteiger partial charge in [0.15, 0.2) is 0 Å². The smallest absolute Gasteiger partial charge is 0.0928 e. The van der Waals surface area contributed by atoms with Crippen LogP contribution in [0.2, 0.25) is 0 Å². The average molecular weight is 278 g/mol. The second kappa shape index (κ2) is 3.46. The lowest BCUT2D eigenvalue weighted by Crippen LogP contribution is -2.44. The second-order valence-electron chi connectivity index (χ2n) is 10.1. The highest BCUT2D eigenvalue weighted by Crippen LogP contribution is 2.65. The Hall–Kier alpha value is -0.0800. The third kappa shape index (κ3) is 1.90. The van der Waals surface area contributed by atoms with Crippen molar-refractivity contribution < 1.29 is 9.47 Å². The van der Waals surface area contributed by atoms with Crippen molar-refractivity contribution in [3.8, 4) is 0 Å². The molecule has 2 nitrogen and oxygen atoms in total. The minimum atomic E-state index is 0.166. The van der Waals surface area contributed by atoms with E-state index in [1.54, 1.807) is 0 Å². The molecule has 6 atom stereocenters. The second-order valence-corrected chi connectivity index (χ2v) is 10.1. The summed E-state index contributed by atoms with van der Waals surface area (Å²) >= 11 is 0. The summed E-state index contributed by atoms with van der Waals surface area (Å²) in [5, 5.41) is 0. The normalized spacial score (nSPS) is 58.5.